The number of amides is 1. The second kappa shape index (κ2) is 7.84. The van der Waals surface area contributed by atoms with Gasteiger partial charge in [0.15, 0.2) is 0 Å². The third-order valence-corrected chi connectivity index (χ3v) is 2.87. The lowest BCUT2D eigenvalue weighted by molar-refractivity contribution is -0.121. The first-order valence-corrected chi connectivity index (χ1v) is 6.30. The van der Waals surface area contributed by atoms with Crippen molar-refractivity contribution in [1.29, 1.82) is 0 Å². The minimum atomic E-state index is -0.639. The molecule has 1 atom stereocenters. The van der Waals surface area contributed by atoms with Gasteiger partial charge in [0.2, 0.25) is 5.91 Å². The van der Waals surface area contributed by atoms with E-state index in [-0.39, 0.29) is 12.5 Å². The van der Waals surface area contributed by atoms with Crippen LogP contribution in [0.25, 0.3) is 0 Å². The Kier molecular flexibility index (Phi) is 6.39. The number of aliphatic hydroxyl groups excluding tert-OH is 1. The third-order valence-electron chi connectivity index (χ3n) is 2.87. The van der Waals surface area contributed by atoms with Crippen LogP contribution in [0.4, 0.5) is 0 Å². The lowest BCUT2D eigenvalue weighted by Crippen LogP contribution is -2.29. The van der Waals surface area contributed by atoms with E-state index in [0.29, 0.717) is 6.42 Å². The standard InChI is InChI=1S/C14H22N2O2/c1-11-6-3-4-7-12(11)13(17)10-16-14(18)8-5-9-15-2/h3-4,6-7,13,15,17H,5,8-10H2,1-2H3,(H,16,18). The number of carbonyl (C=O) groups excluding carboxylic acids is 1. The van der Waals surface area contributed by atoms with E-state index in [2.05, 4.69) is 10.6 Å². The Morgan fingerprint density at radius 2 is 2.11 bits per heavy atom. The summed E-state index contributed by atoms with van der Waals surface area (Å²) >= 11 is 0. The minimum Gasteiger partial charge on any atom is -0.387 e. The van der Waals surface area contributed by atoms with Gasteiger partial charge in [-0.15, -0.1) is 0 Å². The number of rotatable bonds is 7. The number of nitrogens with one attached hydrogen (secondary N) is 2. The fourth-order valence-corrected chi connectivity index (χ4v) is 1.80. The van der Waals surface area contributed by atoms with Crippen molar-refractivity contribution in [3.8, 4) is 0 Å². The lowest BCUT2D eigenvalue weighted by Gasteiger charge is -2.14. The Hall–Kier alpha value is -1.39. The zero-order chi connectivity index (χ0) is 13.4. The molecule has 0 aliphatic heterocycles. The van der Waals surface area contributed by atoms with Crippen LogP contribution >= 0.6 is 0 Å². The molecule has 1 rings (SSSR count). The van der Waals surface area contributed by atoms with Gasteiger partial charge in [-0.3, -0.25) is 4.79 Å². The monoisotopic (exact) mass is 250 g/mol. The molecular formula is C14H22N2O2. The molecule has 0 aromatic heterocycles. The summed E-state index contributed by atoms with van der Waals surface area (Å²) in [5.74, 6) is -0.0158. The van der Waals surface area contributed by atoms with Crippen LogP contribution in [0.1, 0.15) is 30.1 Å². The smallest absolute Gasteiger partial charge is 0.220 e. The van der Waals surface area contributed by atoms with Crippen LogP contribution in [-0.4, -0.2) is 31.2 Å². The van der Waals surface area contributed by atoms with E-state index < -0.39 is 6.10 Å². The summed E-state index contributed by atoms with van der Waals surface area (Å²) in [6, 6.07) is 7.66. The Labute approximate surface area is 108 Å². The topological polar surface area (TPSA) is 61.4 Å². The molecule has 0 saturated heterocycles. The molecule has 0 radical (unpaired) electrons. The van der Waals surface area contributed by atoms with E-state index in [9.17, 15) is 9.90 Å². The largest absolute Gasteiger partial charge is 0.387 e. The van der Waals surface area contributed by atoms with Crippen LogP contribution in [0.2, 0.25) is 0 Å². The van der Waals surface area contributed by atoms with Crippen LogP contribution < -0.4 is 10.6 Å². The number of benzene rings is 1. The molecule has 0 heterocycles. The molecule has 1 unspecified atom stereocenters. The molecule has 18 heavy (non-hydrogen) atoms. The average molecular weight is 250 g/mol. The molecule has 3 N–H and O–H groups in total. The average Bonchev–Trinajstić information content (AvgIpc) is 2.37. The maximum absolute atomic E-state index is 11.5. The highest BCUT2D eigenvalue weighted by Gasteiger charge is 2.10. The molecule has 0 spiro atoms. The van der Waals surface area contributed by atoms with Crippen molar-refractivity contribution in [3.05, 3.63) is 35.4 Å². The Bertz CT molecular complexity index is 380. The first-order chi connectivity index (χ1) is 8.65. The number of aliphatic hydroxyl groups is 1. The van der Waals surface area contributed by atoms with Gasteiger partial charge in [-0.05, 0) is 38.1 Å². The molecule has 0 bridgehead atoms. The SMILES string of the molecule is CNCCCC(=O)NCC(O)c1ccccc1C. The van der Waals surface area contributed by atoms with Crippen LogP contribution in [0.5, 0.6) is 0 Å². The van der Waals surface area contributed by atoms with E-state index >= 15 is 0 Å². The van der Waals surface area contributed by atoms with E-state index in [4.69, 9.17) is 0 Å². The van der Waals surface area contributed by atoms with Gasteiger partial charge < -0.3 is 15.7 Å². The maximum atomic E-state index is 11.5. The van der Waals surface area contributed by atoms with Crippen LogP contribution in [0, 0.1) is 6.92 Å². The highest BCUT2D eigenvalue weighted by atomic mass is 16.3. The highest BCUT2D eigenvalue weighted by molar-refractivity contribution is 5.75. The van der Waals surface area contributed by atoms with E-state index in [1.807, 2.05) is 38.2 Å². The Balaban J connectivity index is 2.35. The Morgan fingerprint density at radius 3 is 2.78 bits per heavy atom. The number of hydrogen-bond donors (Lipinski definition) is 3. The Morgan fingerprint density at radius 1 is 1.39 bits per heavy atom. The van der Waals surface area contributed by atoms with Gasteiger partial charge in [-0.2, -0.15) is 0 Å². The van der Waals surface area contributed by atoms with E-state index in [1.54, 1.807) is 0 Å². The van der Waals surface area contributed by atoms with Crippen molar-refractivity contribution in [2.75, 3.05) is 20.1 Å². The first kappa shape index (κ1) is 14.7. The van der Waals surface area contributed by atoms with E-state index in [0.717, 1.165) is 24.1 Å². The molecular weight excluding hydrogens is 228 g/mol. The predicted molar refractivity (Wildman–Crippen MR) is 72.3 cm³/mol. The van der Waals surface area contributed by atoms with Gasteiger partial charge >= 0.3 is 0 Å². The lowest BCUT2D eigenvalue weighted by atomic mass is 10.0. The van der Waals surface area contributed by atoms with Crippen molar-refractivity contribution in [2.24, 2.45) is 0 Å². The van der Waals surface area contributed by atoms with Crippen molar-refractivity contribution >= 4 is 5.91 Å². The van der Waals surface area contributed by atoms with E-state index in [1.165, 1.54) is 0 Å². The summed E-state index contributed by atoms with van der Waals surface area (Å²) in [5.41, 5.74) is 1.91. The van der Waals surface area contributed by atoms with Gasteiger partial charge in [-0.1, -0.05) is 24.3 Å². The summed E-state index contributed by atoms with van der Waals surface area (Å²) in [4.78, 5) is 11.5. The quantitative estimate of drug-likeness (QED) is 0.636. The predicted octanol–water partition coefficient (Wildman–Crippen LogP) is 1.14. The van der Waals surface area contributed by atoms with Gasteiger partial charge in [0.25, 0.3) is 0 Å². The molecule has 100 valence electrons. The molecule has 0 fully saturated rings. The van der Waals surface area contributed by atoms with Crippen LogP contribution in [-0.2, 0) is 4.79 Å². The summed E-state index contributed by atoms with van der Waals surface area (Å²) in [7, 11) is 1.86. The number of aryl methyl sites for hydroxylation is 1. The van der Waals surface area contributed by atoms with Gasteiger partial charge in [0, 0.05) is 13.0 Å². The molecule has 1 aromatic rings. The summed E-state index contributed by atoms with van der Waals surface area (Å²) < 4.78 is 0. The van der Waals surface area contributed by atoms with Crippen LogP contribution in [0.3, 0.4) is 0 Å². The van der Waals surface area contributed by atoms with Crippen molar-refractivity contribution < 1.29 is 9.90 Å². The first-order valence-electron chi connectivity index (χ1n) is 6.30. The van der Waals surface area contributed by atoms with Gasteiger partial charge in [0.05, 0.1) is 6.10 Å². The summed E-state index contributed by atoms with van der Waals surface area (Å²) in [5, 5.41) is 15.7. The molecule has 1 amide bonds. The zero-order valence-corrected chi connectivity index (χ0v) is 11.1. The number of carbonyl (C=O) groups is 1. The summed E-state index contributed by atoms with van der Waals surface area (Å²) in [6.45, 7) is 3.05. The van der Waals surface area contributed by atoms with Crippen molar-refractivity contribution in [3.63, 3.8) is 0 Å². The van der Waals surface area contributed by atoms with Gasteiger partial charge in [-0.25, -0.2) is 0 Å². The fraction of sp³-hybridized carbons (Fsp3) is 0.500. The summed E-state index contributed by atoms with van der Waals surface area (Å²) in [6.07, 6.45) is 0.656. The molecule has 0 aliphatic rings. The normalized spacial score (nSPS) is 12.2. The molecule has 4 nitrogen and oxygen atoms in total. The highest BCUT2D eigenvalue weighted by Crippen LogP contribution is 2.16. The molecule has 4 heteroatoms. The molecule has 1 aromatic carbocycles. The zero-order valence-electron chi connectivity index (χ0n) is 11.1. The number of hydrogen-bond acceptors (Lipinski definition) is 3. The molecule has 0 aliphatic carbocycles. The third kappa shape index (κ3) is 4.85. The van der Waals surface area contributed by atoms with Crippen molar-refractivity contribution in [1.82, 2.24) is 10.6 Å². The van der Waals surface area contributed by atoms with Gasteiger partial charge in [0.1, 0.15) is 0 Å². The maximum Gasteiger partial charge on any atom is 0.220 e. The van der Waals surface area contributed by atoms with Crippen LogP contribution in [0.15, 0.2) is 24.3 Å². The second-order valence-corrected chi connectivity index (χ2v) is 4.38. The fourth-order valence-electron chi connectivity index (χ4n) is 1.80. The van der Waals surface area contributed by atoms with Crippen molar-refractivity contribution in [2.45, 2.75) is 25.9 Å². The minimum absolute atomic E-state index is 0.0158. The molecule has 0 saturated carbocycles. The second-order valence-electron chi connectivity index (χ2n) is 4.38.